The van der Waals surface area contributed by atoms with E-state index >= 15 is 0 Å². The summed E-state index contributed by atoms with van der Waals surface area (Å²) in [6.45, 7) is 1.98. The molecule has 2 rings (SSSR count). The van der Waals surface area contributed by atoms with Crippen molar-refractivity contribution in [1.29, 1.82) is 0 Å². The Morgan fingerprint density at radius 3 is 2.95 bits per heavy atom. The topological polar surface area (TPSA) is 87.6 Å². The smallest absolute Gasteiger partial charge is 0.399 e. The van der Waals surface area contributed by atoms with E-state index in [1.54, 1.807) is 25.1 Å². The summed E-state index contributed by atoms with van der Waals surface area (Å²) in [6.07, 6.45) is 1.12. The number of carbonyl (C=O) groups excluding carboxylic acids is 1. The molecule has 1 heterocycles. The van der Waals surface area contributed by atoms with E-state index in [-0.39, 0.29) is 18.4 Å². The van der Waals surface area contributed by atoms with Gasteiger partial charge < -0.3 is 19.6 Å². The molecule has 0 aliphatic rings. The number of nitrogens with zero attached hydrogens (tertiary/aromatic N) is 1. The second-order valence-corrected chi connectivity index (χ2v) is 4.46. The van der Waals surface area contributed by atoms with Crippen LogP contribution in [0.4, 0.5) is 5.69 Å². The molecule has 0 atom stereocenters. The van der Waals surface area contributed by atoms with Gasteiger partial charge in [0, 0.05) is 16.2 Å². The van der Waals surface area contributed by atoms with E-state index in [4.69, 9.17) is 19.6 Å². The monoisotopic (exact) mass is 326 g/mol. The van der Waals surface area contributed by atoms with Crippen LogP contribution in [0.15, 0.2) is 33.4 Å². The maximum absolute atomic E-state index is 11.4. The van der Waals surface area contributed by atoms with Crippen molar-refractivity contribution in [1.82, 2.24) is 4.98 Å². The van der Waals surface area contributed by atoms with Gasteiger partial charge in [-0.25, -0.2) is 4.79 Å². The number of benzene rings is 1. The van der Waals surface area contributed by atoms with Gasteiger partial charge in [0.1, 0.15) is 12.0 Å². The largest absolute Gasteiger partial charge is 0.461 e. The molecule has 100 valence electrons. The van der Waals surface area contributed by atoms with Gasteiger partial charge in [0.05, 0.1) is 6.61 Å². The third-order valence-electron chi connectivity index (χ3n) is 2.07. The minimum atomic E-state index is -0.560. The summed E-state index contributed by atoms with van der Waals surface area (Å²) in [7, 11) is 0. The number of anilines is 1. The van der Waals surface area contributed by atoms with Crippen molar-refractivity contribution in [2.75, 3.05) is 12.3 Å². The zero-order chi connectivity index (χ0) is 13.8. The summed E-state index contributed by atoms with van der Waals surface area (Å²) in [4.78, 5) is 15.3. The number of rotatable bonds is 4. The van der Waals surface area contributed by atoms with Gasteiger partial charge in [-0.05, 0) is 19.1 Å². The Kier molecular flexibility index (Phi) is 4.06. The summed E-state index contributed by atoms with van der Waals surface area (Å²) >= 11 is 3.29. The number of carbonyl (C=O) groups is 1. The van der Waals surface area contributed by atoms with Crippen molar-refractivity contribution in [3.8, 4) is 11.8 Å². The first kappa shape index (κ1) is 13.4. The van der Waals surface area contributed by atoms with Crippen molar-refractivity contribution in [3.05, 3.63) is 34.6 Å². The SMILES string of the molecule is CCOC(=O)c1coc(Oc2cc(N)cc(Br)c2)n1. The molecule has 0 amide bonds. The lowest BCUT2D eigenvalue weighted by Crippen LogP contribution is -2.04. The van der Waals surface area contributed by atoms with Crippen LogP contribution in [-0.4, -0.2) is 17.6 Å². The maximum atomic E-state index is 11.4. The van der Waals surface area contributed by atoms with Crippen LogP contribution in [-0.2, 0) is 4.74 Å². The second kappa shape index (κ2) is 5.75. The molecule has 0 aliphatic carbocycles. The lowest BCUT2D eigenvalue weighted by Gasteiger charge is -2.02. The zero-order valence-electron chi connectivity index (χ0n) is 10.1. The van der Waals surface area contributed by atoms with Crippen molar-refractivity contribution < 1.29 is 18.7 Å². The fourth-order valence-corrected chi connectivity index (χ4v) is 1.84. The van der Waals surface area contributed by atoms with Crippen LogP contribution < -0.4 is 10.5 Å². The molecule has 0 unspecified atom stereocenters. The molecule has 1 aromatic carbocycles. The average molecular weight is 327 g/mol. The number of nitrogens with two attached hydrogens (primary N) is 1. The first-order valence-electron chi connectivity index (χ1n) is 5.45. The van der Waals surface area contributed by atoms with Gasteiger partial charge in [-0.15, -0.1) is 0 Å². The number of esters is 1. The highest BCUT2D eigenvalue weighted by molar-refractivity contribution is 9.10. The van der Waals surface area contributed by atoms with Crippen molar-refractivity contribution in [2.24, 2.45) is 0 Å². The van der Waals surface area contributed by atoms with Gasteiger partial charge in [0.25, 0.3) is 0 Å². The molecule has 0 saturated heterocycles. The van der Waals surface area contributed by atoms with Gasteiger partial charge in [-0.2, -0.15) is 4.98 Å². The van der Waals surface area contributed by atoms with Crippen LogP contribution in [0, 0.1) is 0 Å². The lowest BCUT2D eigenvalue weighted by molar-refractivity contribution is 0.0519. The molecule has 0 saturated carbocycles. The lowest BCUT2D eigenvalue weighted by atomic mass is 10.3. The summed E-state index contributed by atoms with van der Waals surface area (Å²) in [6, 6.07) is 5.04. The minimum absolute atomic E-state index is 0.0550. The summed E-state index contributed by atoms with van der Waals surface area (Å²) in [5, 5.41) is 0. The Balaban J connectivity index is 2.13. The molecule has 0 fully saturated rings. The maximum Gasteiger partial charge on any atom is 0.399 e. The van der Waals surface area contributed by atoms with Crippen LogP contribution >= 0.6 is 15.9 Å². The molecular formula is C12H11BrN2O4. The quantitative estimate of drug-likeness (QED) is 0.686. The number of hydrogen-bond donors (Lipinski definition) is 1. The fraction of sp³-hybridized carbons (Fsp3) is 0.167. The van der Waals surface area contributed by atoms with E-state index in [0.717, 1.165) is 4.47 Å². The highest BCUT2D eigenvalue weighted by atomic mass is 79.9. The average Bonchev–Trinajstić information content (AvgIpc) is 2.76. The molecule has 0 aliphatic heterocycles. The Hall–Kier alpha value is -2.02. The first-order chi connectivity index (χ1) is 9.08. The third kappa shape index (κ3) is 3.47. The first-order valence-corrected chi connectivity index (χ1v) is 6.24. The van der Waals surface area contributed by atoms with Crippen molar-refractivity contribution >= 4 is 27.6 Å². The Morgan fingerprint density at radius 2 is 2.26 bits per heavy atom. The highest BCUT2D eigenvalue weighted by Crippen LogP contribution is 2.27. The van der Waals surface area contributed by atoms with E-state index in [9.17, 15) is 4.79 Å². The van der Waals surface area contributed by atoms with E-state index in [2.05, 4.69) is 20.9 Å². The van der Waals surface area contributed by atoms with Gasteiger partial charge in [0.15, 0.2) is 5.69 Å². The second-order valence-electron chi connectivity index (χ2n) is 3.54. The number of aromatic nitrogens is 1. The number of oxazole rings is 1. The molecule has 2 N–H and O–H groups in total. The fourth-order valence-electron chi connectivity index (χ4n) is 1.35. The van der Waals surface area contributed by atoms with Gasteiger partial charge in [-0.3, -0.25) is 0 Å². The molecular weight excluding hydrogens is 316 g/mol. The molecule has 0 radical (unpaired) electrons. The molecule has 1 aromatic heterocycles. The molecule has 0 bridgehead atoms. The van der Waals surface area contributed by atoms with Gasteiger partial charge in [-0.1, -0.05) is 15.9 Å². The minimum Gasteiger partial charge on any atom is -0.461 e. The summed E-state index contributed by atoms with van der Waals surface area (Å²) < 4.78 is 15.9. The predicted molar refractivity (Wildman–Crippen MR) is 71.1 cm³/mol. The van der Waals surface area contributed by atoms with Crippen LogP contribution in [0.25, 0.3) is 0 Å². The van der Waals surface area contributed by atoms with Crippen LogP contribution in [0.3, 0.4) is 0 Å². The standard InChI is InChI=1S/C12H11BrN2O4/c1-2-17-11(16)10-6-18-12(15-10)19-9-4-7(13)3-8(14)5-9/h3-6H,2,14H2,1H3. The molecule has 19 heavy (non-hydrogen) atoms. The summed E-state index contributed by atoms with van der Waals surface area (Å²) in [5.74, 6) is -0.112. The van der Waals surface area contributed by atoms with Crippen molar-refractivity contribution in [2.45, 2.75) is 6.92 Å². The summed E-state index contributed by atoms with van der Waals surface area (Å²) in [5.41, 5.74) is 6.26. The molecule has 6 nitrogen and oxygen atoms in total. The normalized spacial score (nSPS) is 10.2. The zero-order valence-corrected chi connectivity index (χ0v) is 11.6. The molecule has 2 aromatic rings. The molecule has 0 spiro atoms. The molecule has 7 heteroatoms. The Morgan fingerprint density at radius 1 is 1.47 bits per heavy atom. The van der Waals surface area contributed by atoms with Gasteiger partial charge >= 0.3 is 12.0 Å². The van der Waals surface area contributed by atoms with Gasteiger partial charge in [0.2, 0.25) is 0 Å². The van der Waals surface area contributed by atoms with Crippen LogP contribution in [0.2, 0.25) is 0 Å². The number of nitrogen functional groups attached to an aromatic ring is 1. The van der Waals surface area contributed by atoms with Crippen LogP contribution in [0.5, 0.6) is 11.8 Å². The van der Waals surface area contributed by atoms with E-state index in [1.807, 2.05) is 0 Å². The van der Waals surface area contributed by atoms with E-state index in [0.29, 0.717) is 11.4 Å². The highest BCUT2D eigenvalue weighted by Gasteiger charge is 2.14. The number of halogens is 1. The number of ether oxygens (including phenoxy) is 2. The Bertz CT molecular complexity index is 577. The Labute approximate surface area is 117 Å². The predicted octanol–water partition coefficient (Wildman–Crippen LogP) is 2.99. The number of hydrogen-bond acceptors (Lipinski definition) is 6. The van der Waals surface area contributed by atoms with E-state index < -0.39 is 5.97 Å². The van der Waals surface area contributed by atoms with Crippen LogP contribution in [0.1, 0.15) is 17.4 Å². The van der Waals surface area contributed by atoms with E-state index in [1.165, 1.54) is 6.26 Å². The van der Waals surface area contributed by atoms with Crippen molar-refractivity contribution in [3.63, 3.8) is 0 Å². The third-order valence-corrected chi connectivity index (χ3v) is 2.52.